The summed E-state index contributed by atoms with van der Waals surface area (Å²) in [7, 11) is 0. The van der Waals surface area contributed by atoms with Crippen LogP contribution in [0.5, 0.6) is 0 Å². The van der Waals surface area contributed by atoms with Gasteiger partial charge in [-0.25, -0.2) is 4.79 Å². The van der Waals surface area contributed by atoms with Crippen LogP contribution in [0.15, 0.2) is 53.0 Å². The van der Waals surface area contributed by atoms with E-state index in [1.165, 1.54) is 0 Å². The maximum absolute atomic E-state index is 12.1. The lowest BCUT2D eigenvalue weighted by Crippen LogP contribution is -2.41. The minimum atomic E-state index is -0.442. The summed E-state index contributed by atoms with van der Waals surface area (Å²) in [6.07, 6.45) is 0. The van der Waals surface area contributed by atoms with Crippen LogP contribution in [0.2, 0.25) is 0 Å². The van der Waals surface area contributed by atoms with Gasteiger partial charge in [-0.05, 0) is 48.5 Å². The van der Waals surface area contributed by atoms with Crippen molar-refractivity contribution in [2.45, 2.75) is 0 Å². The first-order valence-corrected chi connectivity index (χ1v) is 8.35. The predicted octanol–water partition coefficient (Wildman–Crippen LogP) is 2.05. The number of urea groups is 1. The van der Waals surface area contributed by atoms with Crippen LogP contribution in [-0.4, -0.2) is 30.9 Å². The Balaban J connectivity index is 1.58. The first kappa shape index (κ1) is 17.0. The molecule has 1 fully saturated rings. The molecule has 3 rings (SSSR count). The number of nitrogens with one attached hydrogen (secondary N) is 3. The molecule has 1 aliphatic heterocycles. The average Bonchev–Trinajstić information content (AvgIpc) is 3.06. The quantitative estimate of drug-likeness (QED) is 0.686. The van der Waals surface area contributed by atoms with Gasteiger partial charge in [0.15, 0.2) is 0 Å². The van der Waals surface area contributed by atoms with E-state index in [9.17, 15) is 14.4 Å². The average molecular weight is 403 g/mol. The monoisotopic (exact) mass is 402 g/mol. The number of carbonyl (C=O) groups is 3. The highest BCUT2D eigenvalue weighted by molar-refractivity contribution is 9.10. The van der Waals surface area contributed by atoms with Gasteiger partial charge >= 0.3 is 6.03 Å². The van der Waals surface area contributed by atoms with Crippen LogP contribution in [0.25, 0.3) is 0 Å². The van der Waals surface area contributed by atoms with Gasteiger partial charge in [0, 0.05) is 34.4 Å². The second kappa shape index (κ2) is 7.35. The number of carbonyl (C=O) groups excluding carboxylic acids is 3. The van der Waals surface area contributed by atoms with E-state index < -0.39 is 11.8 Å². The number of hydrogen-bond acceptors (Lipinski definition) is 3. The molecule has 8 heteroatoms. The van der Waals surface area contributed by atoms with Crippen LogP contribution >= 0.6 is 15.9 Å². The van der Waals surface area contributed by atoms with E-state index in [2.05, 4.69) is 32.1 Å². The zero-order valence-electron chi connectivity index (χ0n) is 13.1. The van der Waals surface area contributed by atoms with Gasteiger partial charge in [-0.2, -0.15) is 0 Å². The Labute approximate surface area is 152 Å². The summed E-state index contributed by atoms with van der Waals surface area (Å²) in [5.41, 5.74) is 6.25. The molecule has 1 aliphatic rings. The molecule has 0 saturated carbocycles. The maximum atomic E-state index is 12.1. The minimum Gasteiger partial charge on any atom is -0.336 e. The molecule has 7 nitrogen and oxygen atoms in total. The van der Waals surface area contributed by atoms with Crippen LogP contribution in [0, 0.1) is 0 Å². The molecule has 0 aromatic heterocycles. The highest BCUT2D eigenvalue weighted by atomic mass is 79.9. The van der Waals surface area contributed by atoms with Gasteiger partial charge in [0.25, 0.3) is 11.8 Å². The van der Waals surface area contributed by atoms with Gasteiger partial charge in [-0.3, -0.25) is 25.3 Å². The first-order valence-electron chi connectivity index (χ1n) is 7.56. The van der Waals surface area contributed by atoms with Crippen LogP contribution in [0.1, 0.15) is 20.7 Å². The summed E-state index contributed by atoms with van der Waals surface area (Å²) in [5.74, 6) is -0.853. The highest BCUT2D eigenvalue weighted by Gasteiger charge is 2.21. The summed E-state index contributed by atoms with van der Waals surface area (Å²) in [6, 6.07) is 13.2. The Kier molecular flexibility index (Phi) is 4.99. The second-order valence-electron chi connectivity index (χ2n) is 5.35. The molecule has 0 unspecified atom stereocenters. The van der Waals surface area contributed by atoms with Crippen LogP contribution in [-0.2, 0) is 0 Å². The van der Waals surface area contributed by atoms with Crippen molar-refractivity contribution in [2.75, 3.05) is 18.0 Å². The summed E-state index contributed by atoms with van der Waals surface area (Å²) in [5, 5.41) is 2.71. The number of nitrogens with zero attached hydrogens (tertiary/aromatic N) is 1. The zero-order valence-corrected chi connectivity index (χ0v) is 14.7. The van der Waals surface area contributed by atoms with Crippen molar-refractivity contribution in [3.05, 3.63) is 64.1 Å². The van der Waals surface area contributed by atoms with Crippen molar-refractivity contribution in [2.24, 2.45) is 0 Å². The molecular weight excluding hydrogens is 388 g/mol. The van der Waals surface area contributed by atoms with Crippen molar-refractivity contribution >= 4 is 39.5 Å². The van der Waals surface area contributed by atoms with E-state index in [4.69, 9.17) is 0 Å². The Morgan fingerprint density at radius 1 is 0.920 bits per heavy atom. The van der Waals surface area contributed by atoms with E-state index in [0.29, 0.717) is 29.9 Å². The Bertz CT molecular complexity index is 806. The number of hydrazine groups is 1. The van der Waals surface area contributed by atoms with E-state index in [-0.39, 0.29) is 6.03 Å². The smallest absolute Gasteiger partial charge is 0.321 e. The Morgan fingerprint density at radius 2 is 1.44 bits per heavy atom. The number of halogens is 1. The summed E-state index contributed by atoms with van der Waals surface area (Å²) < 4.78 is 0.861. The van der Waals surface area contributed by atoms with E-state index in [1.54, 1.807) is 53.4 Å². The van der Waals surface area contributed by atoms with E-state index in [0.717, 1.165) is 4.47 Å². The van der Waals surface area contributed by atoms with Crippen molar-refractivity contribution < 1.29 is 14.4 Å². The molecule has 2 aromatic rings. The minimum absolute atomic E-state index is 0.154. The normalized spacial score (nSPS) is 13.3. The lowest BCUT2D eigenvalue weighted by Gasteiger charge is -2.14. The summed E-state index contributed by atoms with van der Waals surface area (Å²) in [6.45, 7) is 1.19. The van der Waals surface area contributed by atoms with E-state index >= 15 is 0 Å². The third kappa shape index (κ3) is 3.97. The molecule has 0 atom stereocenters. The van der Waals surface area contributed by atoms with Gasteiger partial charge in [-0.1, -0.05) is 15.9 Å². The van der Waals surface area contributed by atoms with Gasteiger partial charge in [0.05, 0.1) is 0 Å². The summed E-state index contributed by atoms with van der Waals surface area (Å²) in [4.78, 5) is 37.3. The van der Waals surface area contributed by atoms with Crippen LogP contribution in [0.4, 0.5) is 10.5 Å². The van der Waals surface area contributed by atoms with Gasteiger partial charge in [0.2, 0.25) is 0 Å². The van der Waals surface area contributed by atoms with Crippen molar-refractivity contribution in [3.8, 4) is 0 Å². The third-order valence-corrected chi connectivity index (χ3v) is 4.22. The Hall–Kier alpha value is -2.87. The molecule has 2 aromatic carbocycles. The lowest BCUT2D eigenvalue weighted by atomic mass is 10.2. The first-order chi connectivity index (χ1) is 12.0. The molecular formula is C17H15BrN4O3. The number of amides is 4. The molecule has 1 heterocycles. The fourth-order valence-corrected chi connectivity index (χ4v) is 2.63. The number of anilines is 1. The van der Waals surface area contributed by atoms with Crippen molar-refractivity contribution in [3.63, 3.8) is 0 Å². The number of benzene rings is 2. The third-order valence-electron chi connectivity index (χ3n) is 3.69. The zero-order chi connectivity index (χ0) is 17.8. The molecule has 0 aliphatic carbocycles. The summed E-state index contributed by atoms with van der Waals surface area (Å²) >= 11 is 3.29. The van der Waals surface area contributed by atoms with Crippen molar-refractivity contribution in [1.82, 2.24) is 16.2 Å². The molecule has 25 heavy (non-hydrogen) atoms. The molecule has 4 amide bonds. The number of rotatable bonds is 3. The predicted molar refractivity (Wildman–Crippen MR) is 96.3 cm³/mol. The number of hydrogen-bond donors (Lipinski definition) is 3. The molecule has 1 saturated heterocycles. The van der Waals surface area contributed by atoms with Gasteiger partial charge in [-0.15, -0.1) is 0 Å². The molecule has 0 bridgehead atoms. The highest BCUT2D eigenvalue weighted by Crippen LogP contribution is 2.17. The molecule has 128 valence electrons. The van der Waals surface area contributed by atoms with Gasteiger partial charge < -0.3 is 5.32 Å². The largest absolute Gasteiger partial charge is 0.336 e. The standard InChI is InChI=1S/C17H15BrN4O3/c18-13-5-1-11(2-6-13)15(23)20-21-16(24)12-3-7-14(8-4-12)22-10-9-19-17(22)25/h1-8H,9-10H2,(H,19,25)(H,20,23)(H,21,24). The van der Waals surface area contributed by atoms with E-state index in [1.807, 2.05) is 0 Å². The SMILES string of the molecule is O=C(NNC(=O)c1ccc(N2CCNC2=O)cc1)c1ccc(Br)cc1. The van der Waals surface area contributed by atoms with Crippen molar-refractivity contribution in [1.29, 1.82) is 0 Å². The second-order valence-corrected chi connectivity index (χ2v) is 6.26. The molecule has 3 N–H and O–H groups in total. The van der Waals surface area contributed by atoms with Crippen LogP contribution in [0.3, 0.4) is 0 Å². The lowest BCUT2D eigenvalue weighted by molar-refractivity contribution is 0.0846. The molecule has 0 radical (unpaired) electrons. The fraction of sp³-hybridized carbons (Fsp3) is 0.118. The van der Waals surface area contributed by atoms with Crippen LogP contribution < -0.4 is 21.1 Å². The maximum Gasteiger partial charge on any atom is 0.321 e. The topological polar surface area (TPSA) is 90.5 Å². The Morgan fingerprint density at radius 3 is 1.92 bits per heavy atom. The van der Waals surface area contributed by atoms with Gasteiger partial charge in [0.1, 0.15) is 0 Å². The fourth-order valence-electron chi connectivity index (χ4n) is 2.37. The molecule has 0 spiro atoms.